The summed E-state index contributed by atoms with van der Waals surface area (Å²) in [5.41, 5.74) is -0.448. The first-order chi connectivity index (χ1) is 7.85. The largest absolute Gasteiger partial charge is 0.458 e. The first kappa shape index (κ1) is 15.1. The standard InChI is InChI=1S/C11H19IN2O2S/c1-11(2,3)16-9(15)8-5-7(6-12)13-10(14-8)17-4/h7-8H,5-6H2,1-4H3,(H,13,14)/t7-,8+/m1/s1. The summed E-state index contributed by atoms with van der Waals surface area (Å²) in [5.74, 6) is -0.222. The molecule has 2 atom stereocenters. The summed E-state index contributed by atoms with van der Waals surface area (Å²) in [7, 11) is 0. The quantitative estimate of drug-likeness (QED) is 0.460. The molecule has 0 spiro atoms. The van der Waals surface area contributed by atoms with E-state index < -0.39 is 5.60 Å². The lowest BCUT2D eigenvalue weighted by molar-refractivity contribution is -0.156. The first-order valence-electron chi connectivity index (χ1n) is 5.53. The lowest BCUT2D eigenvalue weighted by atomic mass is 10.1. The third kappa shape index (κ3) is 5.03. The van der Waals surface area contributed by atoms with E-state index in [4.69, 9.17) is 4.74 Å². The smallest absolute Gasteiger partial charge is 0.331 e. The van der Waals surface area contributed by atoms with E-state index in [9.17, 15) is 4.79 Å². The summed E-state index contributed by atoms with van der Waals surface area (Å²) >= 11 is 3.85. The molecule has 0 unspecified atom stereocenters. The zero-order valence-electron chi connectivity index (χ0n) is 10.6. The summed E-state index contributed by atoms with van der Waals surface area (Å²) in [6.07, 6.45) is 2.66. The molecule has 1 aliphatic heterocycles. The van der Waals surface area contributed by atoms with Crippen LogP contribution in [-0.2, 0) is 9.53 Å². The minimum atomic E-state index is -0.448. The molecular weight excluding hydrogens is 351 g/mol. The van der Waals surface area contributed by atoms with Crippen LogP contribution in [0.15, 0.2) is 4.99 Å². The fraction of sp³-hybridized carbons (Fsp3) is 0.818. The monoisotopic (exact) mass is 370 g/mol. The molecular formula is C11H19IN2O2S. The zero-order valence-corrected chi connectivity index (χ0v) is 13.6. The number of nitrogens with one attached hydrogen (secondary N) is 1. The molecule has 0 amide bonds. The molecule has 1 rings (SSSR count). The zero-order chi connectivity index (χ0) is 13.1. The highest BCUT2D eigenvalue weighted by molar-refractivity contribution is 14.1. The van der Waals surface area contributed by atoms with Gasteiger partial charge in [0.2, 0.25) is 0 Å². The Morgan fingerprint density at radius 2 is 2.29 bits per heavy atom. The van der Waals surface area contributed by atoms with Gasteiger partial charge in [0, 0.05) is 16.9 Å². The number of halogens is 1. The summed E-state index contributed by atoms with van der Waals surface area (Å²) in [6.45, 7) is 5.63. The Morgan fingerprint density at radius 1 is 1.65 bits per heavy atom. The number of ether oxygens (including phenoxy) is 1. The Bertz CT molecular complexity index is 315. The second-order valence-electron chi connectivity index (χ2n) is 4.92. The molecule has 0 aromatic rings. The number of aliphatic imine (C=N–C) groups is 1. The lowest BCUT2D eigenvalue weighted by Gasteiger charge is -2.29. The van der Waals surface area contributed by atoms with E-state index in [0.717, 1.165) is 9.60 Å². The average Bonchev–Trinajstić information content (AvgIpc) is 2.26. The van der Waals surface area contributed by atoms with Crippen molar-refractivity contribution in [1.82, 2.24) is 5.32 Å². The summed E-state index contributed by atoms with van der Waals surface area (Å²) in [5, 5.41) is 4.13. The summed E-state index contributed by atoms with van der Waals surface area (Å²) < 4.78 is 6.33. The Balaban J connectivity index is 2.72. The topological polar surface area (TPSA) is 50.7 Å². The maximum absolute atomic E-state index is 12.0. The number of esters is 1. The second-order valence-corrected chi connectivity index (χ2v) is 6.59. The number of nitrogens with zero attached hydrogens (tertiary/aromatic N) is 1. The van der Waals surface area contributed by atoms with Crippen LogP contribution >= 0.6 is 34.4 Å². The molecule has 0 saturated carbocycles. The molecule has 1 N–H and O–H groups in total. The number of thioether (sulfide) groups is 1. The van der Waals surface area contributed by atoms with E-state index in [1.807, 2.05) is 27.0 Å². The van der Waals surface area contributed by atoms with Gasteiger partial charge in [-0.15, -0.1) is 0 Å². The first-order valence-corrected chi connectivity index (χ1v) is 8.28. The Kier molecular flexibility index (Phi) is 5.56. The molecule has 0 aliphatic carbocycles. The van der Waals surface area contributed by atoms with Crippen LogP contribution in [0.5, 0.6) is 0 Å². The molecule has 17 heavy (non-hydrogen) atoms. The van der Waals surface area contributed by atoms with Crippen LogP contribution in [0.25, 0.3) is 0 Å². The van der Waals surface area contributed by atoms with Gasteiger partial charge in [-0.3, -0.25) is 0 Å². The number of hydrogen-bond acceptors (Lipinski definition) is 5. The normalized spacial score (nSPS) is 24.9. The van der Waals surface area contributed by atoms with Crippen LogP contribution in [0.1, 0.15) is 27.2 Å². The Labute approximate surface area is 120 Å². The average molecular weight is 370 g/mol. The second kappa shape index (κ2) is 6.26. The SMILES string of the molecule is CSC1=N[C@H](C(=O)OC(C)(C)C)C[C@H](CI)N1. The third-order valence-corrected chi connectivity index (χ3v) is 3.84. The van der Waals surface area contributed by atoms with Crippen LogP contribution in [0, 0.1) is 0 Å². The van der Waals surface area contributed by atoms with Gasteiger partial charge in [-0.05, 0) is 27.0 Å². The number of carbonyl (C=O) groups is 1. The Morgan fingerprint density at radius 3 is 2.76 bits per heavy atom. The van der Waals surface area contributed by atoms with E-state index >= 15 is 0 Å². The van der Waals surface area contributed by atoms with Crippen LogP contribution in [-0.4, -0.2) is 39.5 Å². The molecule has 1 aliphatic rings. The van der Waals surface area contributed by atoms with Crippen molar-refractivity contribution in [2.24, 2.45) is 4.99 Å². The maximum Gasteiger partial charge on any atom is 0.331 e. The highest BCUT2D eigenvalue weighted by atomic mass is 127. The van der Waals surface area contributed by atoms with E-state index in [0.29, 0.717) is 12.5 Å². The number of rotatable bonds is 2. The van der Waals surface area contributed by atoms with Gasteiger partial charge < -0.3 is 10.1 Å². The van der Waals surface area contributed by atoms with Crippen molar-refractivity contribution in [3.8, 4) is 0 Å². The van der Waals surface area contributed by atoms with Gasteiger partial charge in [0.15, 0.2) is 11.2 Å². The number of alkyl halides is 1. The molecule has 98 valence electrons. The van der Waals surface area contributed by atoms with E-state index in [2.05, 4.69) is 32.9 Å². The lowest BCUT2D eigenvalue weighted by Crippen LogP contribution is -2.45. The number of amidine groups is 1. The Hall–Kier alpha value is 0.0200. The fourth-order valence-electron chi connectivity index (χ4n) is 1.47. The number of hydrogen-bond donors (Lipinski definition) is 1. The van der Waals surface area contributed by atoms with Crippen molar-refractivity contribution in [1.29, 1.82) is 0 Å². The predicted molar refractivity (Wildman–Crippen MR) is 81.0 cm³/mol. The van der Waals surface area contributed by atoms with E-state index in [1.165, 1.54) is 11.8 Å². The molecule has 0 saturated heterocycles. The predicted octanol–water partition coefficient (Wildman–Crippen LogP) is 2.21. The van der Waals surface area contributed by atoms with Crippen LogP contribution < -0.4 is 5.32 Å². The molecule has 0 aromatic heterocycles. The van der Waals surface area contributed by atoms with Crippen molar-refractivity contribution in [2.75, 3.05) is 10.7 Å². The molecule has 4 nitrogen and oxygen atoms in total. The van der Waals surface area contributed by atoms with Gasteiger partial charge in [-0.2, -0.15) is 0 Å². The van der Waals surface area contributed by atoms with Crippen LogP contribution in [0.2, 0.25) is 0 Å². The fourth-order valence-corrected chi connectivity index (χ4v) is 2.56. The molecule has 1 heterocycles. The van der Waals surface area contributed by atoms with Crippen molar-refractivity contribution in [3.05, 3.63) is 0 Å². The minimum absolute atomic E-state index is 0.222. The van der Waals surface area contributed by atoms with Gasteiger partial charge in [0.05, 0.1) is 0 Å². The van der Waals surface area contributed by atoms with Crippen molar-refractivity contribution in [3.63, 3.8) is 0 Å². The highest BCUT2D eigenvalue weighted by Gasteiger charge is 2.30. The number of carbonyl (C=O) groups excluding carboxylic acids is 1. The van der Waals surface area contributed by atoms with E-state index in [-0.39, 0.29) is 12.0 Å². The minimum Gasteiger partial charge on any atom is -0.458 e. The molecule has 6 heteroatoms. The van der Waals surface area contributed by atoms with Crippen molar-refractivity contribution in [2.45, 2.75) is 44.9 Å². The van der Waals surface area contributed by atoms with Gasteiger partial charge in [0.25, 0.3) is 0 Å². The molecule has 0 aromatic carbocycles. The van der Waals surface area contributed by atoms with E-state index in [1.54, 1.807) is 0 Å². The van der Waals surface area contributed by atoms with Crippen molar-refractivity contribution < 1.29 is 9.53 Å². The van der Waals surface area contributed by atoms with Gasteiger partial charge in [-0.1, -0.05) is 34.4 Å². The highest BCUT2D eigenvalue weighted by Crippen LogP contribution is 2.18. The molecule has 0 radical (unpaired) electrons. The van der Waals surface area contributed by atoms with Gasteiger partial charge >= 0.3 is 5.97 Å². The molecule has 0 fully saturated rings. The molecule has 0 bridgehead atoms. The van der Waals surface area contributed by atoms with Crippen LogP contribution in [0.4, 0.5) is 0 Å². The summed E-state index contributed by atoms with van der Waals surface area (Å²) in [4.78, 5) is 16.3. The van der Waals surface area contributed by atoms with Crippen LogP contribution in [0.3, 0.4) is 0 Å². The van der Waals surface area contributed by atoms with Gasteiger partial charge in [0.1, 0.15) is 5.60 Å². The summed E-state index contributed by atoms with van der Waals surface area (Å²) in [6, 6.07) is -0.0641. The third-order valence-electron chi connectivity index (χ3n) is 2.17. The van der Waals surface area contributed by atoms with Gasteiger partial charge in [-0.25, -0.2) is 9.79 Å². The van der Waals surface area contributed by atoms with Crippen molar-refractivity contribution >= 4 is 45.5 Å². The maximum atomic E-state index is 12.0.